The molecule has 0 saturated heterocycles. The molecule has 0 radical (unpaired) electrons. The maximum atomic E-state index is 13.6. The zero-order valence-corrected chi connectivity index (χ0v) is 10.4. The number of hydrogen-bond acceptors (Lipinski definition) is 3. The number of nitrogens with zero attached hydrogens (tertiary/aromatic N) is 1. The molecule has 1 N–H and O–H groups in total. The van der Waals surface area contributed by atoms with Gasteiger partial charge in [0.25, 0.3) is 5.69 Å². The van der Waals surface area contributed by atoms with Crippen LogP contribution in [0.5, 0.6) is 0 Å². The van der Waals surface area contributed by atoms with Crippen molar-refractivity contribution in [3.63, 3.8) is 0 Å². The lowest BCUT2D eigenvalue weighted by molar-refractivity contribution is -0.385. The Balaban J connectivity index is 1.95. The van der Waals surface area contributed by atoms with E-state index in [2.05, 4.69) is 12.2 Å². The summed E-state index contributed by atoms with van der Waals surface area (Å²) in [6.07, 6.45) is 3.57. The van der Waals surface area contributed by atoms with Crippen molar-refractivity contribution in [2.75, 3.05) is 11.9 Å². The highest BCUT2D eigenvalue weighted by atomic mass is 19.1. The SMILES string of the molecule is CC1CCC(CNc2ccc([N+](=O)[O-])cc2F)C1. The van der Waals surface area contributed by atoms with Crippen molar-refractivity contribution in [3.05, 3.63) is 34.1 Å². The van der Waals surface area contributed by atoms with Gasteiger partial charge in [0.2, 0.25) is 0 Å². The number of nitro benzene ring substituents is 1. The Morgan fingerprint density at radius 1 is 1.50 bits per heavy atom. The number of nitrogens with one attached hydrogen (secondary N) is 1. The Bertz CT molecular complexity index is 451. The smallest absolute Gasteiger partial charge is 0.272 e. The molecule has 5 heteroatoms. The number of benzene rings is 1. The third kappa shape index (κ3) is 2.97. The fourth-order valence-electron chi connectivity index (χ4n) is 2.53. The normalized spacial score (nSPS) is 23.0. The van der Waals surface area contributed by atoms with Crippen LogP contribution in [0.25, 0.3) is 0 Å². The molecule has 18 heavy (non-hydrogen) atoms. The molecule has 1 saturated carbocycles. The van der Waals surface area contributed by atoms with E-state index in [4.69, 9.17) is 0 Å². The third-order valence-electron chi connectivity index (χ3n) is 3.55. The Morgan fingerprint density at radius 2 is 2.28 bits per heavy atom. The van der Waals surface area contributed by atoms with Gasteiger partial charge in [0.05, 0.1) is 16.7 Å². The van der Waals surface area contributed by atoms with Crippen molar-refractivity contribution in [3.8, 4) is 0 Å². The molecule has 0 amide bonds. The number of hydrogen-bond donors (Lipinski definition) is 1. The van der Waals surface area contributed by atoms with Gasteiger partial charge in [0.1, 0.15) is 0 Å². The Hall–Kier alpha value is -1.65. The summed E-state index contributed by atoms with van der Waals surface area (Å²) in [5.41, 5.74) is 0.132. The molecule has 1 aliphatic carbocycles. The molecule has 1 aromatic carbocycles. The molecule has 0 heterocycles. The molecule has 0 bridgehead atoms. The second-order valence-electron chi connectivity index (χ2n) is 5.09. The van der Waals surface area contributed by atoms with Gasteiger partial charge in [-0.3, -0.25) is 10.1 Å². The third-order valence-corrected chi connectivity index (χ3v) is 3.55. The molecule has 1 aliphatic rings. The number of nitro groups is 1. The van der Waals surface area contributed by atoms with Gasteiger partial charge in [-0.15, -0.1) is 0 Å². The van der Waals surface area contributed by atoms with Crippen LogP contribution in [0.15, 0.2) is 18.2 Å². The summed E-state index contributed by atoms with van der Waals surface area (Å²) in [5, 5.41) is 13.5. The summed E-state index contributed by atoms with van der Waals surface area (Å²) in [4.78, 5) is 9.89. The van der Waals surface area contributed by atoms with E-state index in [1.165, 1.54) is 31.4 Å². The molecule has 98 valence electrons. The van der Waals surface area contributed by atoms with Gasteiger partial charge in [-0.05, 0) is 30.7 Å². The number of rotatable bonds is 4. The summed E-state index contributed by atoms with van der Waals surface area (Å²) in [6, 6.07) is 3.72. The largest absolute Gasteiger partial charge is 0.382 e. The van der Waals surface area contributed by atoms with Crippen LogP contribution in [-0.2, 0) is 0 Å². The van der Waals surface area contributed by atoms with Crippen molar-refractivity contribution >= 4 is 11.4 Å². The highest BCUT2D eigenvalue weighted by Crippen LogP contribution is 2.30. The minimum Gasteiger partial charge on any atom is -0.382 e. The van der Waals surface area contributed by atoms with E-state index in [0.717, 1.165) is 18.5 Å². The Labute approximate surface area is 105 Å². The molecule has 0 aromatic heterocycles. The first-order valence-corrected chi connectivity index (χ1v) is 6.24. The lowest BCUT2D eigenvalue weighted by Gasteiger charge is -2.12. The predicted octanol–water partition coefficient (Wildman–Crippen LogP) is 3.58. The quantitative estimate of drug-likeness (QED) is 0.658. The van der Waals surface area contributed by atoms with Gasteiger partial charge >= 0.3 is 0 Å². The fraction of sp³-hybridized carbons (Fsp3) is 0.538. The summed E-state index contributed by atoms with van der Waals surface area (Å²) in [6.45, 7) is 2.96. The van der Waals surface area contributed by atoms with Crippen LogP contribution in [0.1, 0.15) is 26.2 Å². The zero-order chi connectivity index (χ0) is 13.1. The van der Waals surface area contributed by atoms with E-state index >= 15 is 0 Å². The fourth-order valence-corrected chi connectivity index (χ4v) is 2.53. The first kappa shape index (κ1) is 12.8. The highest BCUT2D eigenvalue weighted by Gasteiger charge is 2.21. The van der Waals surface area contributed by atoms with E-state index in [1.54, 1.807) is 0 Å². The van der Waals surface area contributed by atoms with Crippen LogP contribution in [0, 0.1) is 27.8 Å². The van der Waals surface area contributed by atoms with Crippen LogP contribution in [0.3, 0.4) is 0 Å². The van der Waals surface area contributed by atoms with Crippen molar-refractivity contribution in [1.82, 2.24) is 0 Å². The van der Waals surface area contributed by atoms with Crippen LogP contribution in [-0.4, -0.2) is 11.5 Å². The van der Waals surface area contributed by atoms with Gasteiger partial charge in [-0.2, -0.15) is 0 Å². The zero-order valence-electron chi connectivity index (χ0n) is 10.4. The average molecular weight is 252 g/mol. The van der Waals surface area contributed by atoms with Gasteiger partial charge in [0, 0.05) is 12.6 Å². The van der Waals surface area contributed by atoms with Gasteiger partial charge in [-0.1, -0.05) is 13.3 Å². The van der Waals surface area contributed by atoms with Gasteiger partial charge in [-0.25, -0.2) is 4.39 Å². The molecule has 1 aromatic rings. The van der Waals surface area contributed by atoms with Crippen LogP contribution < -0.4 is 5.32 Å². The lowest BCUT2D eigenvalue weighted by Crippen LogP contribution is -2.12. The van der Waals surface area contributed by atoms with Crippen molar-refractivity contribution < 1.29 is 9.31 Å². The second-order valence-corrected chi connectivity index (χ2v) is 5.09. The lowest BCUT2D eigenvalue weighted by atomic mass is 10.1. The second kappa shape index (κ2) is 5.33. The van der Waals surface area contributed by atoms with Crippen LogP contribution in [0.4, 0.5) is 15.8 Å². The molecule has 0 spiro atoms. The van der Waals surface area contributed by atoms with E-state index in [9.17, 15) is 14.5 Å². The highest BCUT2D eigenvalue weighted by molar-refractivity contribution is 5.50. The maximum Gasteiger partial charge on any atom is 0.272 e. The number of non-ortho nitro benzene ring substituents is 1. The Kier molecular flexibility index (Phi) is 3.79. The molecular weight excluding hydrogens is 235 g/mol. The average Bonchev–Trinajstić information content (AvgIpc) is 2.73. The van der Waals surface area contributed by atoms with Crippen molar-refractivity contribution in [2.24, 2.45) is 11.8 Å². The number of halogens is 1. The molecule has 2 unspecified atom stereocenters. The van der Waals surface area contributed by atoms with Crippen molar-refractivity contribution in [1.29, 1.82) is 0 Å². The molecule has 2 rings (SSSR count). The van der Waals surface area contributed by atoms with Crippen LogP contribution in [0.2, 0.25) is 0 Å². The maximum absolute atomic E-state index is 13.6. The van der Waals surface area contributed by atoms with Crippen LogP contribution >= 0.6 is 0 Å². The molecule has 1 fully saturated rings. The Morgan fingerprint density at radius 3 is 2.83 bits per heavy atom. The molecule has 2 atom stereocenters. The van der Waals surface area contributed by atoms with Crippen molar-refractivity contribution in [2.45, 2.75) is 26.2 Å². The summed E-state index contributed by atoms with van der Waals surface area (Å²) >= 11 is 0. The first-order valence-electron chi connectivity index (χ1n) is 6.24. The molecular formula is C13H17FN2O2. The minimum absolute atomic E-state index is 0.215. The van der Waals surface area contributed by atoms with E-state index < -0.39 is 10.7 Å². The predicted molar refractivity (Wildman–Crippen MR) is 68.0 cm³/mol. The number of anilines is 1. The van der Waals surface area contributed by atoms with E-state index in [-0.39, 0.29) is 5.69 Å². The minimum atomic E-state index is -0.592. The van der Waals surface area contributed by atoms with E-state index in [0.29, 0.717) is 11.6 Å². The standard InChI is InChI=1S/C13H17FN2O2/c1-9-2-3-10(6-9)8-15-13-5-4-11(16(17)18)7-12(13)14/h4-5,7,9-10,15H,2-3,6,8H2,1H3. The molecule has 0 aliphatic heterocycles. The van der Waals surface area contributed by atoms with Gasteiger partial charge in [0.15, 0.2) is 5.82 Å². The monoisotopic (exact) mass is 252 g/mol. The summed E-state index contributed by atoms with van der Waals surface area (Å²) in [5.74, 6) is 0.767. The first-order chi connectivity index (χ1) is 8.56. The topological polar surface area (TPSA) is 55.2 Å². The summed E-state index contributed by atoms with van der Waals surface area (Å²) < 4.78 is 13.6. The summed E-state index contributed by atoms with van der Waals surface area (Å²) in [7, 11) is 0. The van der Waals surface area contributed by atoms with E-state index in [1.807, 2.05) is 0 Å². The molecule has 4 nitrogen and oxygen atoms in total. The van der Waals surface area contributed by atoms with Gasteiger partial charge < -0.3 is 5.32 Å².